The van der Waals surface area contributed by atoms with Crippen LogP contribution >= 0.6 is 0 Å². The van der Waals surface area contributed by atoms with E-state index in [4.69, 9.17) is 16.2 Å². The second kappa shape index (κ2) is 4.23. The van der Waals surface area contributed by atoms with Crippen LogP contribution in [0.25, 0.3) is 0 Å². The van der Waals surface area contributed by atoms with Crippen LogP contribution in [0, 0.1) is 5.41 Å². The highest BCUT2D eigenvalue weighted by atomic mass is 16.4. The number of guanidine groups is 1. The van der Waals surface area contributed by atoms with Crippen LogP contribution in [-0.4, -0.2) is 41.7 Å². The maximum atomic E-state index is 10.9. The van der Waals surface area contributed by atoms with E-state index < -0.39 is 12.0 Å². The first kappa shape index (κ1) is 11.9. The van der Waals surface area contributed by atoms with Crippen molar-refractivity contribution >= 4 is 11.9 Å². The molecule has 0 saturated carbocycles. The third-order valence-electron chi connectivity index (χ3n) is 2.25. The average molecular weight is 188 g/mol. The molecule has 76 valence electrons. The van der Waals surface area contributed by atoms with Gasteiger partial charge in [0.25, 0.3) is 5.96 Å². The van der Waals surface area contributed by atoms with Crippen LogP contribution in [-0.2, 0) is 4.79 Å². The number of quaternary nitrogens is 1. The van der Waals surface area contributed by atoms with Crippen LogP contribution < -0.4 is 5.73 Å². The van der Waals surface area contributed by atoms with Crippen LogP contribution in [0.1, 0.15) is 19.8 Å². The van der Waals surface area contributed by atoms with Gasteiger partial charge >= 0.3 is 5.97 Å². The summed E-state index contributed by atoms with van der Waals surface area (Å²) < 4.78 is -0.0802. The molecule has 0 radical (unpaired) electrons. The van der Waals surface area contributed by atoms with Gasteiger partial charge in [-0.2, -0.15) is 0 Å². The maximum absolute atomic E-state index is 10.9. The van der Waals surface area contributed by atoms with E-state index in [1.54, 1.807) is 14.1 Å². The first-order valence-corrected chi connectivity index (χ1v) is 4.25. The minimum atomic E-state index is -0.901. The van der Waals surface area contributed by atoms with Gasteiger partial charge in [-0.05, 0) is 6.42 Å². The predicted octanol–water partition coefficient (Wildman–Crippen LogP) is 0.210. The molecule has 0 spiro atoms. The lowest BCUT2D eigenvalue weighted by atomic mass is 10.1. The summed E-state index contributed by atoms with van der Waals surface area (Å²) in [6, 6.07) is -0.623. The number of nitrogens with two attached hydrogens (primary N) is 1. The van der Waals surface area contributed by atoms with Gasteiger partial charge in [0.15, 0.2) is 6.04 Å². The smallest absolute Gasteiger partial charge is 0.363 e. The lowest BCUT2D eigenvalue weighted by molar-refractivity contribution is -0.820. The highest BCUT2D eigenvalue weighted by molar-refractivity contribution is 5.76. The average Bonchev–Trinajstić information content (AvgIpc) is 1.98. The third-order valence-corrected chi connectivity index (χ3v) is 2.25. The van der Waals surface area contributed by atoms with Gasteiger partial charge < -0.3 is 10.8 Å². The number of nitrogens with one attached hydrogen (secondary N) is 1. The van der Waals surface area contributed by atoms with E-state index in [-0.39, 0.29) is 10.4 Å². The van der Waals surface area contributed by atoms with Crippen molar-refractivity contribution in [2.24, 2.45) is 5.73 Å². The monoisotopic (exact) mass is 188 g/mol. The fraction of sp³-hybridized carbons (Fsp3) is 0.750. The zero-order valence-electron chi connectivity index (χ0n) is 8.37. The van der Waals surface area contributed by atoms with Gasteiger partial charge in [0.2, 0.25) is 0 Å². The standard InChI is InChI=1S/C8H17N3O2/c1-4-5-6(7(12)13)11(2,3)8(9)10/h6H,4-5H2,1-3H3,(H3-,9,10,12,13)/p+1. The summed E-state index contributed by atoms with van der Waals surface area (Å²) >= 11 is 0. The van der Waals surface area contributed by atoms with Crippen molar-refractivity contribution in [2.45, 2.75) is 25.8 Å². The minimum Gasteiger partial charge on any atom is -0.477 e. The summed E-state index contributed by atoms with van der Waals surface area (Å²) in [5.41, 5.74) is 5.33. The number of carbonyl (C=O) groups is 1. The Kier molecular flexibility index (Phi) is 3.87. The van der Waals surface area contributed by atoms with Crippen LogP contribution in [0.4, 0.5) is 0 Å². The molecule has 5 heteroatoms. The van der Waals surface area contributed by atoms with Gasteiger partial charge in [-0.25, -0.2) is 10.2 Å². The number of nitrogens with zero attached hydrogens (tertiary/aromatic N) is 1. The minimum absolute atomic E-state index is 0.0802. The second-order valence-corrected chi connectivity index (χ2v) is 3.57. The zero-order valence-corrected chi connectivity index (χ0v) is 8.37. The fourth-order valence-corrected chi connectivity index (χ4v) is 1.16. The molecule has 0 aliphatic carbocycles. The normalized spacial score (nSPS) is 13.8. The van der Waals surface area contributed by atoms with Gasteiger partial charge in [-0.15, -0.1) is 0 Å². The summed E-state index contributed by atoms with van der Waals surface area (Å²) in [5, 5.41) is 16.2. The van der Waals surface area contributed by atoms with Crippen LogP contribution in [0.3, 0.4) is 0 Å². The van der Waals surface area contributed by atoms with E-state index in [1.165, 1.54) is 0 Å². The maximum Gasteiger partial charge on any atom is 0.363 e. The van der Waals surface area contributed by atoms with Crippen molar-refractivity contribution in [2.75, 3.05) is 14.1 Å². The number of carboxylic acid groups (broad SMARTS) is 1. The number of carboxylic acids is 1. The highest BCUT2D eigenvalue weighted by Gasteiger charge is 2.36. The molecule has 0 heterocycles. The molecule has 0 aromatic rings. The summed E-state index contributed by atoms with van der Waals surface area (Å²) in [5.74, 6) is -1.03. The molecule has 0 fully saturated rings. The topological polar surface area (TPSA) is 87.2 Å². The van der Waals surface area contributed by atoms with Gasteiger partial charge in [-0.3, -0.25) is 4.48 Å². The molecule has 13 heavy (non-hydrogen) atoms. The van der Waals surface area contributed by atoms with E-state index in [2.05, 4.69) is 0 Å². The van der Waals surface area contributed by atoms with Crippen molar-refractivity contribution in [3.05, 3.63) is 0 Å². The molecule has 1 unspecified atom stereocenters. The van der Waals surface area contributed by atoms with E-state index in [9.17, 15) is 4.79 Å². The summed E-state index contributed by atoms with van der Waals surface area (Å²) in [7, 11) is 3.27. The molecule has 4 N–H and O–H groups in total. The Morgan fingerprint density at radius 3 is 2.31 bits per heavy atom. The van der Waals surface area contributed by atoms with Crippen molar-refractivity contribution in [1.82, 2.24) is 0 Å². The first-order chi connectivity index (χ1) is 5.84. The van der Waals surface area contributed by atoms with E-state index >= 15 is 0 Å². The van der Waals surface area contributed by atoms with Gasteiger partial charge in [0.05, 0.1) is 14.1 Å². The Balaban J connectivity index is 4.71. The molecule has 0 aromatic heterocycles. The van der Waals surface area contributed by atoms with Crippen molar-refractivity contribution in [1.29, 1.82) is 5.41 Å². The second-order valence-electron chi connectivity index (χ2n) is 3.57. The van der Waals surface area contributed by atoms with Crippen molar-refractivity contribution < 1.29 is 14.4 Å². The predicted molar refractivity (Wildman–Crippen MR) is 50.4 cm³/mol. The molecule has 0 aromatic carbocycles. The van der Waals surface area contributed by atoms with E-state index in [0.29, 0.717) is 6.42 Å². The molecular weight excluding hydrogens is 170 g/mol. The molecule has 0 amide bonds. The van der Waals surface area contributed by atoms with E-state index in [1.807, 2.05) is 6.92 Å². The molecule has 0 rings (SSSR count). The molecule has 5 nitrogen and oxygen atoms in total. The molecule has 0 bridgehead atoms. The quantitative estimate of drug-likeness (QED) is 0.335. The lowest BCUT2D eigenvalue weighted by Crippen LogP contribution is -2.59. The van der Waals surface area contributed by atoms with Crippen LogP contribution in [0.2, 0.25) is 0 Å². The lowest BCUT2D eigenvalue weighted by Gasteiger charge is -2.32. The Bertz CT molecular complexity index is 213. The molecular formula is C8H18N3O2+. The van der Waals surface area contributed by atoms with Crippen LogP contribution in [0.5, 0.6) is 0 Å². The van der Waals surface area contributed by atoms with Gasteiger partial charge in [0, 0.05) is 6.42 Å². The fourth-order valence-electron chi connectivity index (χ4n) is 1.16. The van der Waals surface area contributed by atoms with Crippen molar-refractivity contribution in [3.8, 4) is 0 Å². The Morgan fingerprint density at radius 1 is 1.62 bits per heavy atom. The molecule has 0 aliphatic heterocycles. The van der Waals surface area contributed by atoms with E-state index in [0.717, 1.165) is 6.42 Å². The first-order valence-electron chi connectivity index (χ1n) is 4.25. The Hall–Kier alpha value is -1.10. The molecule has 0 saturated heterocycles. The van der Waals surface area contributed by atoms with Gasteiger partial charge in [-0.1, -0.05) is 6.92 Å². The number of rotatable bonds is 4. The van der Waals surface area contributed by atoms with Crippen molar-refractivity contribution in [3.63, 3.8) is 0 Å². The largest absolute Gasteiger partial charge is 0.477 e. The SMILES string of the molecule is CCCC(C(=O)O)[N+](C)(C)C(=N)N. The Labute approximate surface area is 78.2 Å². The number of likely N-dealkylation sites (N-methyl/N-ethyl adjacent to an activating group) is 1. The molecule has 0 aliphatic rings. The Morgan fingerprint density at radius 2 is 2.08 bits per heavy atom. The number of hydrogen-bond donors (Lipinski definition) is 3. The summed E-state index contributed by atoms with van der Waals surface area (Å²) in [4.78, 5) is 10.9. The van der Waals surface area contributed by atoms with Crippen LogP contribution in [0.15, 0.2) is 0 Å². The highest BCUT2D eigenvalue weighted by Crippen LogP contribution is 2.12. The third kappa shape index (κ3) is 2.69. The number of hydrogen-bond acceptors (Lipinski definition) is 2. The molecule has 1 atom stereocenters. The zero-order chi connectivity index (χ0) is 10.6. The summed E-state index contributed by atoms with van der Waals surface area (Å²) in [6.07, 6.45) is 1.30. The number of aliphatic carboxylic acids is 1. The van der Waals surface area contributed by atoms with Gasteiger partial charge in [0.1, 0.15) is 0 Å². The summed E-state index contributed by atoms with van der Waals surface area (Å²) in [6.45, 7) is 1.91.